The second kappa shape index (κ2) is 7.64. The summed E-state index contributed by atoms with van der Waals surface area (Å²) in [6.45, 7) is 2.11. The van der Waals surface area contributed by atoms with E-state index >= 15 is 0 Å². The Kier molecular flexibility index (Phi) is 4.89. The third kappa shape index (κ3) is 3.51. The number of rotatable bonds is 4. The predicted molar refractivity (Wildman–Crippen MR) is 104 cm³/mol. The van der Waals surface area contributed by atoms with Crippen LogP contribution in [-0.2, 0) is 4.84 Å². The van der Waals surface area contributed by atoms with Crippen LogP contribution in [-0.4, -0.2) is 40.3 Å². The quantitative estimate of drug-likeness (QED) is 0.650. The van der Waals surface area contributed by atoms with Crippen LogP contribution in [0, 0.1) is 6.92 Å². The Bertz CT molecular complexity index is 996. The highest BCUT2D eigenvalue weighted by Crippen LogP contribution is 2.31. The minimum atomic E-state index is -0.351. The van der Waals surface area contributed by atoms with E-state index in [9.17, 15) is 4.79 Å². The van der Waals surface area contributed by atoms with Crippen molar-refractivity contribution in [2.75, 3.05) is 13.7 Å². The molecular formula is C21H20N4O3. The Balaban J connectivity index is 1.60. The highest BCUT2D eigenvalue weighted by Gasteiger charge is 2.38. The van der Waals surface area contributed by atoms with Crippen molar-refractivity contribution >= 4 is 11.6 Å². The van der Waals surface area contributed by atoms with E-state index in [1.54, 1.807) is 11.8 Å². The molecule has 0 saturated carbocycles. The Labute approximate surface area is 162 Å². The van der Waals surface area contributed by atoms with Crippen LogP contribution >= 0.6 is 0 Å². The molecule has 1 aromatic heterocycles. The van der Waals surface area contributed by atoms with Gasteiger partial charge < -0.3 is 14.3 Å². The van der Waals surface area contributed by atoms with Gasteiger partial charge in [0.05, 0.1) is 12.3 Å². The summed E-state index contributed by atoms with van der Waals surface area (Å²) in [7, 11) is 1.49. The summed E-state index contributed by atoms with van der Waals surface area (Å²) in [5.74, 6) is 0.835. The van der Waals surface area contributed by atoms with Gasteiger partial charge in [-0.05, 0) is 30.2 Å². The summed E-state index contributed by atoms with van der Waals surface area (Å²) in [5.41, 5.74) is 3.53. The van der Waals surface area contributed by atoms with Gasteiger partial charge in [0.15, 0.2) is 5.82 Å². The fraction of sp³-hybridized carbons (Fsp3) is 0.238. The van der Waals surface area contributed by atoms with E-state index in [-0.39, 0.29) is 11.9 Å². The lowest BCUT2D eigenvalue weighted by Crippen LogP contribution is -2.31. The first-order chi connectivity index (χ1) is 13.7. The molecule has 2 aromatic carbocycles. The predicted octanol–water partition coefficient (Wildman–Crippen LogP) is 3.63. The number of amides is 1. The van der Waals surface area contributed by atoms with Crippen molar-refractivity contribution in [1.29, 1.82) is 0 Å². The van der Waals surface area contributed by atoms with Crippen molar-refractivity contribution in [2.24, 2.45) is 5.16 Å². The van der Waals surface area contributed by atoms with E-state index in [2.05, 4.69) is 15.3 Å². The number of benzene rings is 2. The van der Waals surface area contributed by atoms with Gasteiger partial charge in [0.25, 0.3) is 5.91 Å². The van der Waals surface area contributed by atoms with Crippen molar-refractivity contribution in [3.63, 3.8) is 0 Å². The standard InChI is InChI=1S/C21H20N4O3/c1-14-22-20(28-23-14)19-12-18(24-27-2)13-25(19)21(26)17-10-8-16(9-11-17)15-6-4-3-5-7-15/h3-11,19H,12-13H2,1-2H3/t19-/m0/s1. The molecule has 142 valence electrons. The lowest BCUT2D eigenvalue weighted by Gasteiger charge is -2.21. The van der Waals surface area contributed by atoms with Crippen molar-refractivity contribution in [2.45, 2.75) is 19.4 Å². The van der Waals surface area contributed by atoms with Crippen LogP contribution in [0.15, 0.2) is 64.3 Å². The van der Waals surface area contributed by atoms with E-state index in [1.807, 2.05) is 54.6 Å². The summed E-state index contributed by atoms with van der Waals surface area (Å²) in [6.07, 6.45) is 0.503. The second-order valence-corrected chi connectivity index (χ2v) is 6.62. The van der Waals surface area contributed by atoms with Crippen molar-refractivity contribution in [3.05, 3.63) is 71.9 Å². The van der Waals surface area contributed by atoms with Gasteiger partial charge in [-0.2, -0.15) is 4.98 Å². The number of hydrogen-bond acceptors (Lipinski definition) is 6. The number of nitrogens with zero attached hydrogens (tertiary/aromatic N) is 4. The van der Waals surface area contributed by atoms with Crippen LogP contribution in [0.25, 0.3) is 11.1 Å². The zero-order valence-electron chi connectivity index (χ0n) is 15.7. The molecule has 1 aliphatic heterocycles. The Morgan fingerprint density at radius 1 is 1.14 bits per heavy atom. The van der Waals surface area contributed by atoms with Crippen LogP contribution < -0.4 is 0 Å². The van der Waals surface area contributed by atoms with E-state index in [0.29, 0.717) is 30.2 Å². The van der Waals surface area contributed by atoms with Crippen molar-refractivity contribution in [1.82, 2.24) is 15.0 Å². The molecule has 1 atom stereocenters. The zero-order valence-corrected chi connectivity index (χ0v) is 15.7. The maximum absolute atomic E-state index is 13.2. The molecule has 28 heavy (non-hydrogen) atoms. The van der Waals surface area contributed by atoms with Crippen LogP contribution in [0.4, 0.5) is 0 Å². The third-order valence-electron chi connectivity index (χ3n) is 4.71. The zero-order chi connectivity index (χ0) is 19.5. The van der Waals surface area contributed by atoms with E-state index < -0.39 is 0 Å². The van der Waals surface area contributed by atoms with E-state index in [4.69, 9.17) is 9.36 Å². The van der Waals surface area contributed by atoms with Crippen LogP contribution in [0.3, 0.4) is 0 Å². The minimum Gasteiger partial charge on any atom is -0.399 e. The highest BCUT2D eigenvalue weighted by molar-refractivity contribution is 6.00. The number of carbonyl (C=O) groups is 1. The number of likely N-dealkylation sites (tertiary alicyclic amines) is 1. The molecular weight excluding hydrogens is 356 g/mol. The summed E-state index contributed by atoms with van der Waals surface area (Å²) < 4.78 is 5.32. The Hall–Kier alpha value is -3.48. The summed E-state index contributed by atoms with van der Waals surface area (Å²) >= 11 is 0. The van der Waals surface area contributed by atoms with Crippen LogP contribution in [0.2, 0.25) is 0 Å². The van der Waals surface area contributed by atoms with Gasteiger partial charge in [0.2, 0.25) is 5.89 Å². The van der Waals surface area contributed by atoms with Crippen molar-refractivity contribution in [3.8, 4) is 11.1 Å². The number of aromatic nitrogens is 2. The first kappa shape index (κ1) is 17.9. The van der Waals surface area contributed by atoms with Gasteiger partial charge in [0.1, 0.15) is 13.2 Å². The Morgan fingerprint density at radius 2 is 1.86 bits per heavy atom. The number of hydrogen-bond donors (Lipinski definition) is 0. The number of oxime groups is 1. The van der Waals surface area contributed by atoms with Gasteiger partial charge in [0, 0.05) is 12.0 Å². The topological polar surface area (TPSA) is 80.8 Å². The second-order valence-electron chi connectivity index (χ2n) is 6.62. The molecule has 0 N–H and O–H groups in total. The molecule has 1 saturated heterocycles. The smallest absolute Gasteiger partial charge is 0.254 e. The SMILES string of the molecule is CON=C1C[C@@H](c2nc(C)no2)N(C(=O)c2ccc(-c3ccccc3)cc2)C1. The molecule has 7 nitrogen and oxygen atoms in total. The van der Waals surface area contributed by atoms with Gasteiger partial charge in [-0.3, -0.25) is 4.79 Å². The first-order valence-corrected chi connectivity index (χ1v) is 9.01. The molecule has 3 aromatic rings. The highest BCUT2D eigenvalue weighted by atomic mass is 16.6. The lowest BCUT2D eigenvalue weighted by molar-refractivity contribution is 0.0713. The van der Waals surface area contributed by atoms with Gasteiger partial charge in [-0.1, -0.05) is 52.8 Å². The number of aryl methyl sites for hydroxylation is 1. The van der Waals surface area contributed by atoms with Gasteiger partial charge in [-0.15, -0.1) is 0 Å². The van der Waals surface area contributed by atoms with Gasteiger partial charge >= 0.3 is 0 Å². The summed E-state index contributed by atoms with van der Waals surface area (Å²) in [5, 5.41) is 7.87. The fourth-order valence-electron chi connectivity index (χ4n) is 3.38. The molecule has 1 fully saturated rings. The summed E-state index contributed by atoms with van der Waals surface area (Å²) in [4.78, 5) is 24.1. The van der Waals surface area contributed by atoms with Crippen LogP contribution in [0.5, 0.6) is 0 Å². The largest absolute Gasteiger partial charge is 0.399 e. The third-order valence-corrected chi connectivity index (χ3v) is 4.71. The molecule has 0 aliphatic carbocycles. The molecule has 0 radical (unpaired) electrons. The monoisotopic (exact) mass is 376 g/mol. The maximum atomic E-state index is 13.2. The normalized spacial score (nSPS) is 17.9. The molecule has 7 heteroatoms. The molecule has 0 bridgehead atoms. The molecule has 2 heterocycles. The minimum absolute atomic E-state index is 0.109. The molecule has 0 spiro atoms. The fourth-order valence-corrected chi connectivity index (χ4v) is 3.38. The molecule has 4 rings (SSSR count). The lowest BCUT2D eigenvalue weighted by atomic mass is 10.0. The van der Waals surface area contributed by atoms with Gasteiger partial charge in [-0.25, -0.2) is 0 Å². The van der Waals surface area contributed by atoms with E-state index in [1.165, 1.54) is 7.11 Å². The summed E-state index contributed by atoms with van der Waals surface area (Å²) in [6, 6.07) is 17.3. The molecule has 0 unspecified atom stereocenters. The Morgan fingerprint density at radius 3 is 2.50 bits per heavy atom. The number of carbonyl (C=O) groups excluding carboxylic acids is 1. The van der Waals surface area contributed by atoms with Crippen molar-refractivity contribution < 1.29 is 14.2 Å². The first-order valence-electron chi connectivity index (χ1n) is 9.01. The van der Waals surface area contributed by atoms with Crippen LogP contribution in [0.1, 0.15) is 34.5 Å². The van der Waals surface area contributed by atoms with E-state index in [0.717, 1.165) is 16.8 Å². The maximum Gasteiger partial charge on any atom is 0.254 e. The molecule has 1 aliphatic rings. The average Bonchev–Trinajstić information content (AvgIpc) is 3.35. The molecule has 1 amide bonds. The average molecular weight is 376 g/mol.